The van der Waals surface area contributed by atoms with Gasteiger partial charge in [-0.05, 0) is 35.9 Å². The second-order valence-electron chi connectivity index (χ2n) is 6.58. The number of hydrogen-bond donors (Lipinski definition) is 1. The van der Waals surface area contributed by atoms with Crippen molar-refractivity contribution in [3.05, 3.63) is 102 Å². The highest BCUT2D eigenvalue weighted by Crippen LogP contribution is 2.34. The van der Waals surface area contributed by atoms with Gasteiger partial charge in [-0.1, -0.05) is 55.1 Å². The van der Waals surface area contributed by atoms with Crippen LogP contribution in [0, 0.1) is 0 Å². The predicted molar refractivity (Wildman–Crippen MR) is 110 cm³/mol. The molecule has 0 unspecified atom stereocenters. The van der Waals surface area contributed by atoms with Crippen molar-refractivity contribution in [2.75, 3.05) is 0 Å². The van der Waals surface area contributed by atoms with Gasteiger partial charge in [-0.3, -0.25) is 0 Å². The van der Waals surface area contributed by atoms with E-state index < -0.39 is 0 Å². The molecule has 0 atom stereocenters. The molecule has 4 aromatic rings. The summed E-state index contributed by atoms with van der Waals surface area (Å²) in [5.41, 5.74) is 4.62. The lowest BCUT2D eigenvalue weighted by atomic mass is 10.0. The zero-order chi connectivity index (χ0) is 18.8. The fourth-order valence-electron chi connectivity index (χ4n) is 3.30. The fraction of sp³-hybridized carbons (Fsp3) is 0.0833. The molecule has 1 N–H and O–H groups in total. The van der Waals surface area contributed by atoms with Crippen LogP contribution in [-0.4, -0.2) is 9.67 Å². The molecule has 0 radical (unpaired) electrons. The van der Waals surface area contributed by atoms with E-state index in [2.05, 4.69) is 29.3 Å². The van der Waals surface area contributed by atoms with Gasteiger partial charge in [0.25, 0.3) is 0 Å². The second-order valence-corrected chi connectivity index (χ2v) is 6.58. The Hall–Kier alpha value is -3.46. The molecule has 3 nitrogen and oxygen atoms in total. The molecular formula is C24H21NO2. The summed E-state index contributed by atoms with van der Waals surface area (Å²) in [6.07, 6.45) is 0. The van der Waals surface area contributed by atoms with E-state index in [1.54, 1.807) is 12.1 Å². The highest BCUT2D eigenvalue weighted by molar-refractivity contribution is 5.90. The van der Waals surface area contributed by atoms with Crippen LogP contribution in [-0.2, 0) is 13.7 Å². The summed E-state index contributed by atoms with van der Waals surface area (Å²) in [6, 6.07) is 25.6. The van der Waals surface area contributed by atoms with Crippen molar-refractivity contribution in [3.8, 4) is 11.5 Å². The van der Waals surface area contributed by atoms with E-state index in [-0.39, 0.29) is 5.75 Å². The molecule has 0 amide bonds. The number of fused-ring (bicyclic) bond motifs is 1. The largest absolute Gasteiger partial charge is 0.507 e. The van der Waals surface area contributed by atoms with Crippen LogP contribution >= 0.6 is 0 Å². The summed E-state index contributed by atoms with van der Waals surface area (Å²) in [4.78, 5) is 0. The van der Waals surface area contributed by atoms with Gasteiger partial charge in [0.1, 0.15) is 18.1 Å². The lowest BCUT2D eigenvalue weighted by Crippen LogP contribution is -1.98. The number of phenolic OH excluding ortho intramolecular Hbond substituents is 1. The zero-order valence-corrected chi connectivity index (χ0v) is 15.2. The molecule has 1 heterocycles. The number of aromatic nitrogens is 1. The van der Waals surface area contributed by atoms with Crippen molar-refractivity contribution in [3.63, 3.8) is 0 Å². The van der Waals surface area contributed by atoms with Crippen molar-refractivity contribution in [1.29, 1.82) is 0 Å². The smallest absolute Gasteiger partial charge is 0.123 e. The highest BCUT2D eigenvalue weighted by Gasteiger charge is 2.14. The molecule has 0 saturated carbocycles. The van der Waals surface area contributed by atoms with E-state index in [0.717, 1.165) is 27.7 Å². The SMILES string of the molecule is C=C(c1cc(OCc2ccccc2)ccc1O)c1cc2ccccc2n1C. The van der Waals surface area contributed by atoms with E-state index in [0.29, 0.717) is 17.9 Å². The summed E-state index contributed by atoms with van der Waals surface area (Å²) >= 11 is 0. The molecule has 0 aliphatic rings. The van der Waals surface area contributed by atoms with Crippen LogP contribution < -0.4 is 4.74 Å². The Kier molecular flexibility index (Phi) is 4.43. The highest BCUT2D eigenvalue weighted by atomic mass is 16.5. The summed E-state index contributed by atoms with van der Waals surface area (Å²) in [5, 5.41) is 11.5. The van der Waals surface area contributed by atoms with E-state index in [9.17, 15) is 5.11 Å². The lowest BCUT2D eigenvalue weighted by Gasteiger charge is -2.13. The maximum absolute atomic E-state index is 10.4. The van der Waals surface area contributed by atoms with Gasteiger partial charge in [0.05, 0.1) is 0 Å². The number of hydrogen-bond acceptors (Lipinski definition) is 2. The molecule has 0 aliphatic carbocycles. The molecule has 0 bridgehead atoms. The van der Waals surface area contributed by atoms with Crippen LogP contribution in [0.3, 0.4) is 0 Å². The Morgan fingerprint density at radius 1 is 0.963 bits per heavy atom. The van der Waals surface area contributed by atoms with Crippen LogP contribution in [0.5, 0.6) is 11.5 Å². The molecule has 27 heavy (non-hydrogen) atoms. The Balaban J connectivity index is 1.64. The number of para-hydroxylation sites is 1. The van der Waals surface area contributed by atoms with Gasteiger partial charge in [0, 0.05) is 34.8 Å². The predicted octanol–water partition coefficient (Wildman–Crippen LogP) is 5.52. The van der Waals surface area contributed by atoms with Crippen molar-refractivity contribution in [2.24, 2.45) is 7.05 Å². The molecule has 0 fully saturated rings. The number of benzene rings is 3. The van der Waals surface area contributed by atoms with Crippen LogP contribution in [0.25, 0.3) is 16.5 Å². The first-order chi connectivity index (χ1) is 13.1. The standard InChI is InChI=1S/C24H21NO2/c1-17(23-14-19-10-6-7-11-22(19)25(23)2)21-15-20(12-13-24(21)26)27-16-18-8-4-3-5-9-18/h3-15,26H,1,16H2,2H3. The van der Waals surface area contributed by atoms with Crippen LogP contribution in [0.4, 0.5) is 0 Å². The van der Waals surface area contributed by atoms with E-state index in [1.165, 1.54) is 0 Å². The van der Waals surface area contributed by atoms with Gasteiger partial charge in [-0.15, -0.1) is 0 Å². The lowest BCUT2D eigenvalue weighted by molar-refractivity contribution is 0.305. The minimum absolute atomic E-state index is 0.192. The normalized spacial score (nSPS) is 10.9. The molecule has 3 aromatic carbocycles. The number of aromatic hydroxyl groups is 1. The summed E-state index contributed by atoms with van der Waals surface area (Å²) < 4.78 is 8.00. The first-order valence-electron chi connectivity index (χ1n) is 8.87. The van der Waals surface area contributed by atoms with Crippen molar-refractivity contribution in [1.82, 2.24) is 4.57 Å². The molecule has 0 spiro atoms. The molecule has 0 saturated heterocycles. The van der Waals surface area contributed by atoms with Gasteiger partial charge in [0.2, 0.25) is 0 Å². The molecular weight excluding hydrogens is 334 g/mol. The zero-order valence-electron chi connectivity index (χ0n) is 15.2. The van der Waals surface area contributed by atoms with Crippen molar-refractivity contribution < 1.29 is 9.84 Å². The number of aryl methyl sites for hydroxylation is 1. The first-order valence-corrected chi connectivity index (χ1v) is 8.87. The summed E-state index contributed by atoms with van der Waals surface area (Å²) in [5.74, 6) is 0.892. The van der Waals surface area contributed by atoms with Crippen molar-refractivity contribution >= 4 is 16.5 Å². The monoisotopic (exact) mass is 355 g/mol. The Bertz CT molecular complexity index is 1110. The maximum atomic E-state index is 10.4. The molecule has 1 aromatic heterocycles. The van der Waals surface area contributed by atoms with E-state index in [4.69, 9.17) is 4.74 Å². The Morgan fingerprint density at radius 2 is 1.70 bits per heavy atom. The molecule has 4 rings (SSSR count). The third-order valence-electron chi connectivity index (χ3n) is 4.80. The van der Waals surface area contributed by atoms with Crippen LogP contribution in [0.2, 0.25) is 0 Å². The van der Waals surface area contributed by atoms with Gasteiger partial charge in [0.15, 0.2) is 0 Å². The minimum Gasteiger partial charge on any atom is -0.507 e. The van der Waals surface area contributed by atoms with Crippen molar-refractivity contribution in [2.45, 2.75) is 6.61 Å². The topological polar surface area (TPSA) is 34.4 Å². The Labute approximate surface area is 158 Å². The average Bonchev–Trinajstić information content (AvgIpc) is 3.04. The molecule has 3 heteroatoms. The van der Waals surface area contributed by atoms with E-state index >= 15 is 0 Å². The minimum atomic E-state index is 0.192. The van der Waals surface area contributed by atoms with E-state index in [1.807, 2.05) is 55.6 Å². The van der Waals surface area contributed by atoms with Gasteiger partial charge < -0.3 is 14.4 Å². The first kappa shape index (κ1) is 17.0. The van der Waals surface area contributed by atoms with Gasteiger partial charge in [-0.25, -0.2) is 0 Å². The van der Waals surface area contributed by atoms with Crippen LogP contribution in [0.15, 0.2) is 85.4 Å². The fourth-order valence-corrected chi connectivity index (χ4v) is 3.30. The number of nitrogens with zero attached hydrogens (tertiary/aromatic N) is 1. The summed E-state index contributed by atoms with van der Waals surface area (Å²) in [7, 11) is 2.01. The number of ether oxygens (including phenoxy) is 1. The molecule has 0 aliphatic heterocycles. The maximum Gasteiger partial charge on any atom is 0.123 e. The van der Waals surface area contributed by atoms with Gasteiger partial charge >= 0.3 is 0 Å². The third kappa shape index (κ3) is 3.32. The van der Waals surface area contributed by atoms with Gasteiger partial charge in [-0.2, -0.15) is 0 Å². The third-order valence-corrected chi connectivity index (χ3v) is 4.80. The summed E-state index contributed by atoms with van der Waals surface area (Å²) in [6.45, 7) is 4.71. The molecule has 134 valence electrons. The quantitative estimate of drug-likeness (QED) is 0.511. The second kappa shape index (κ2) is 7.04. The number of phenols is 1. The van der Waals surface area contributed by atoms with Crippen LogP contribution in [0.1, 0.15) is 16.8 Å². The number of rotatable bonds is 5. The Morgan fingerprint density at radius 3 is 2.48 bits per heavy atom. The average molecular weight is 355 g/mol.